The lowest BCUT2D eigenvalue weighted by Gasteiger charge is -2.38. The average molecular weight is 346 g/mol. The number of para-hydroxylation sites is 1. The molecule has 1 fully saturated rings. The summed E-state index contributed by atoms with van der Waals surface area (Å²) in [6.07, 6.45) is 0. The minimum Gasteiger partial charge on any atom is -0.367 e. The van der Waals surface area contributed by atoms with Gasteiger partial charge in [-0.15, -0.1) is 0 Å². The van der Waals surface area contributed by atoms with Crippen molar-refractivity contribution in [3.63, 3.8) is 0 Å². The topological polar surface area (TPSA) is 43.9 Å². The summed E-state index contributed by atoms with van der Waals surface area (Å²) in [6.45, 7) is 8.03. The molecule has 0 amide bonds. The lowest BCUT2D eigenvalue weighted by atomic mass is 10.1. The van der Waals surface area contributed by atoms with Gasteiger partial charge in [0.05, 0.1) is 10.7 Å². The highest BCUT2D eigenvalue weighted by molar-refractivity contribution is 7.86. The van der Waals surface area contributed by atoms with E-state index in [4.69, 9.17) is 11.6 Å². The van der Waals surface area contributed by atoms with Crippen LogP contribution in [0.4, 0.5) is 5.69 Å². The van der Waals surface area contributed by atoms with Gasteiger partial charge in [0.25, 0.3) is 10.2 Å². The summed E-state index contributed by atoms with van der Waals surface area (Å²) in [5, 5.41) is 0.718. The molecule has 1 aliphatic heterocycles. The Labute approximate surface area is 138 Å². The highest BCUT2D eigenvalue weighted by Gasteiger charge is 2.32. The maximum absolute atomic E-state index is 12.5. The van der Waals surface area contributed by atoms with Crippen LogP contribution in [-0.4, -0.2) is 56.3 Å². The van der Waals surface area contributed by atoms with E-state index in [1.807, 2.05) is 39.0 Å². The van der Waals surface area contributed by atoms with Crippen molar-refractivity contribution in [3.8, 4) is 0 Å². The molecule has 0 radical (unpaired) electrons. The fraction of sp³-hybridized carbons (Fsp3) is 0.600. The van der Waals surface area contributed by atoms with Crippen molar-refractivity contribution in [1.29, 1.82) is 0 Å². The van der Waals surface area contributed by atoms with E-state index in [2.05, 4.69) is 4.90 Å². The summed E-state index contributed by atoms with van der Waals surface area (Å²) >= 11 is 6.30. The van der Waals surface area contributed by atoms with E-state index in [0.717, 1.165) is 16.3 Å². The zero-order valence-corrected chi connectivity index (χ0v) is 15.2. The largest absolute Gasteiger partial charge is 0.367 e. The fourth-order valence-electron chi connectivity index (χ4n) is 2.61. The van der Waals surface area contributed by atoms with Crippen molar-refractivity contribution in [3.05, 3.63) is 28.8 Å². The van der Waals surface area contributed by atoms with Gasteiger partial charge in [-0.3, -0.25) is 0 Å². The highest BCUT2D eigenvalue weighted by atomic mass is 35.5. The molecule has 0 saturated carbocycles. The molecule has 7 heteroatoms. The van der Waals surface area contributed by atoms with Crippen LogP contribution in [0.3, 0.4) is 0 Å². The number of anilines is 1. The maximum Gasteiger partial charge on any atom is 0.282 e. The molecule has 1 aromatic carbocycles. The van der Waals surface area contributed by atoms with Gasteiger partial charge in [-0.05, 0) is 32.4 Å². The van der Waals surface area contributed by atoms with Crippen molar-refractivity contribution in [2.75, 3.05) is 38.1 Å². The third-order valence-electron chi connectivity index (χ3n) is 4.16. The Balaban J connectivity index is 2.11. The first-order chi connectivity index (χ1) is 10.2. The van der Waals surface area contributed by atoms with E-state index in [0.29, 0.717) is 26.2 Å². The lowest BCUT2D eigenvalue weighted by molar-refractivity contribution is 0.323. The van der Waals surface area contributed by atoms with Gasteiger partial charge < -0.3 is 4.90 Å². The summed E-state index contributed by atoms with van der Waals surface area (Å²) in [6, 6.07) is 5.78. The summed E-state index contributed by atoms with van der Waals surface area (Å²) in [5.74, 6) is 0. The smallest absolute Gasteiger partial charge is 0.282 e. The Kier molecular flexibility index (Phi) is 5.37. The van der Waals surface area contributed by atoms with Crippen molar-refractivity contribution in [2.45, 2.75) is 26.8 Å². The number of hydrogen-bond donors (Lipinski definition) is 0. The fourth-order valence-corrected chi connectivity index (χ4v) is 4.48. The molecular formula is C15H24ClN3O2S. The highest BCUT2D eigenvalue weighted by Crippen LogP contribution is 2.30. The molecule has 0 unspecified atom stereocenters. The molecule has 0 aromatic heterocycles. The van der Waals surface area contributed by atoms with Gasteiger partial charge in [0.15, 0.2) is 0 Å². The van der Waals surface area contributed by atoms with Gasteiger partial charge >= 0.3 is 0 Å². The molecule has 0 N–H and O–H groups in total. The van der Waals surface area contributed by atoms with Crippen LogP contribution in [0.5, 0.6) is 0 Å². The van der Waals surface area contributed by atoms with E-state index in [9.17, 15) is 8.42 Å². The normalized spacial score (nSPS) is 17.5. The molecule has 124 valence electrons. The van der Waals surface area contributed by atoms with E-state index < -0.39 is 10.2 Å². The first-order valence-electron chi connectivity index (χ1n) is 7.48. The van der Waals surface area contributed by atoms with Crippen molar-refractivity contribution >= 4 is 27.5 Å². The number of piperazine rings is 1. The predicted octanol–water partition coefficient (Wildman–Crippen LogP) is 2.36. The second-order valence-electron chi connectivity index (χ2n) is 5.91. The van der Waals surface area contributed by atoms with Crippen molar-refractivity contribution in [1.82, 2.24) is 8.61 Å². The molecule has 1 heterocycles. The van der Waals surface area contributed by atoms with Gasteiger partial charge in [-0.1, -0.05) is 23.7 Å². The standard InChI is InChI=1S/C15H24ClN3O2S/c1-12(2)17(4)22(20,21)19-10-8-18(9-11-19)15-13(3)6-5-7-14(15)16/h5-7,12H,8-11H2,1-4H3. The minimum atomic E-state index is -3.38. The van der Waals surface area contributed by atoms with Crippen molar-refractivity contribution < 1.29 is 8.42 Å². The van der Waals surface area contributed by atoms with Crippen LogP contribution in [0, 0.1) is 6.92 Å². The molecule has 1 aliphatic rings. The minimum absolute atomic E-state index is 0.0474. The molecule has 0 spiro atoms. The van der Waals surface area contributed by atoms with Gasteiger partial charge in [-0.25, -0.2) is 0 Å². The second-order valence-corrected chi connectivity index (χ2v) is 8.30. The zero-order valence-electron chi connectivity index (χ0n) is 13.6. The molecule has 0 bridgehead atoms. The van der Waals surface area contributed by atoms with Crippen molar-refractivity contribution in [2.24, 2.45) is 0 Å². The Morgan fingerprint density at radius 3 is 2.27 bits per heavy atom. The number of aryl methyl sites for hydroxylation is 1. The summed E-state index contributed by atoms with van der Waals surface area (Å²) in [5.41, 5.74) is 2.13. The van der Waals surface area contributed by atoms with Crippen LogP contribution in [0.25, 0.3) is 0 Å². The van der Waals surface area contributed by atoms with Crippen LogP contribution in [0.15, 0.2) is 18.2 Å². The molecule has 1 aromatic rings. The maximum atomic E-state index is 12.5. The Hall–Kier alpha value is -0.820. The number of benzene rings is 1. The van der Waals surface area contributed by atoms with E-state index in [1.54, 1.807) is 11.4 Å². The summed E-state index contributed by atoms with van der Waals surface area (Å²) < 4.78 is 28.0. The van der Waals surface area contributed by atoms with Gasteiger partial charge in [0.2, 0.25) is 0 Å². The molecule has 2 rings (SSSR count). The van der Waals surface area contributed by atoms with Crippen LogP contribution < -0.4 is 4.90 Å². The number of halogens is 1. The van der Waals surface area contributed by atoms with Crippen LogP contribution in [-0.2, 0) is 10.2 Å². The predicted molar refractivity (Wildman–Crippen MR) is 91.8 cm³/mol. The van der Waals surface area contributed by atoms with E-state index in [-0.39, 0.29) is 6.04 Å². The molecular weight excluding hydrogens is 322 g/mol. The van der Waals surface area contributed by atoms with E-state index >= 15 is 0 Å². The van der Waals surface area contributed by atoms with E-state index in [1.165, 1.54) is 4.31 Å². The summed E-state index contributed by atoms with van der Waals surface area (Å²) in [4.78, 5) is 2.17. The van der Waals surface area contributed by atoms with Crippen LogP contribution in [0.1, 0.15) is 19.4 Å². The molecule has 5 nitrogen and oxygen atoms in total. The molecule has 22 heavy (non-hydrogen) atoms. The SMILES string of the molecule is Cc1cccc(Cl)c1N1CCN(S(=O)(=O)N(C)C(C)C)CC1. The first-order valence-corrected chi connectivity index (χ1v) is 9.26. The third-order valence-corrected chi connectivity index (χ3v) is 6.63. The Morgan fingerprint density at radius 2 is 1.77 bits per heavy atom. The first kappa shape index (κ1) is 17.5. The number of rotatable bonds is 4. The average Bonchev–Trinajstić information content (AvgIpc) is 2.46. The Morgan fingerprint density at radius 1 is 1.18 bits per heavy atom. The zero-order chi connectivity index (χ0) is 16.5. The van der Waals surface area contributed by atoms with Gasteiger partial charge in [0.1, 0.15) is 0 Å². The quantitative estimate of drug-likeness (QED) is 0.841. The second kappa shape index (κ2) is 6.74. The van der Waals surface area contributed by atoms with Gasteiger partial charge in [-0.2, -0.15) is 17.0 Å². The molecule has 0 aliphatic carbocycles. The third kappa shape index (κ3) is 3.40. The molecule has 0 atom stereocenters. The van der Waals surface area contributed by atoms with Crippen LogP contribution in [0.2, 0.25) is 5.02 Å². The summed E-state index contributed by atoms with van der Waals surface area (Å²) in [7, 11) is -1.75. The molecule has 1 saturated heterocycles. The Bertz CT molecular complexity index is 605. The number of hydrogen-bond acceptors (Lipinski definition) is 3. The number of nitrogens with zero attached hydrogens (tertiary/aromatic N) is 3. The monoisotopic (exact) mass is 345 g/mol. The lowest BCUT2D eigenvalue weighted by Crippen LogP contribution is -2.53. The van der Waals surface area contributed by atoms with Gasteiger partial charge in [0, 0.05) is 39.3 Å². The van der Waals surface area contributed by atoms with Crippen LogP contribution >= 0.6 is 11.6 Å².